The van der Waals surface area contributed by atoms with Crippen LogP contribution in [0.15, 0.2) is 11.8 Å². The SMILES string of the molecule is O=C1C=C(NC(=S)NC2CCCCC2)CO1. The summed E-state index contributed by atoms with van der Waals surface area (Å²) in [5, 5.41) is 6.86. The predicted molar refractivity (Wildman–Crippen MR) is 64.8 cm³/mol. The molecule has 0 aromatic carbocycles. The lowest BCUT2D eigenvalue weighted by molar-refractivity contribution is -0.134. The second-order valence-electron chi connectivity index (χ2n) is 4.21. The predicted octanol–water partition coefficient (Wildman–Crippen LogP) is 1.22. The van der Waals surface area contributed by atoms with E-state index in [1.54, 1.807) is 0 Å². The summed E-state index contributed by atoms with van der Waals surface area (Å²) in [5.74, 6) is -0.303. The Bertz CT molecular complexity index is 322. The van der Waals surface area contributed by atoms with Crippen LogP contribution in [0.1, 0.15) is 32.1 Å². The van der Waals surface area contributed by atoms with Crippen molar-refractivity contribution in [1.29, 1.82) is 0 Å². The molecule has 0 saturated heterocycles. The number of esters is 1. The molecule has 2 aliphatic rings. The number of rotatable bonds is 2. The summed E-state index contributed by atoms with van der Waals surface area (Å²) in [4.78, 5) is 10.8. The molecule has 2 rings (SSSR count). The number of ether oxygens (including phenoxy) is 1. The molecule has 2 N–H and O–H groups in total. The zero-order valence-electron chi connectivity index (χ0n) is 9.12. The second kappa shape index (κ2) is 5.30. The summed E-state index contributed by atoms with van der Waals surface area (Å²) in [6, 6.07) is 0.479. The van der Waals surface area contributed by atoms with Gasteiger partial charge in [-0.3, -0.25) is 0 Å². The standard InChI is InChI=1S/C11H16N2O2S/c14-10-6-9(7-15-10)13-11(16)12-8-4-2-1-3-5-8/h6,8H,1-5,7H2,(H2,12,13,16). The highest BCUT2D eigenvalue weighted by Crippen LogP contribution is 2.17. The fourth-order valence-corrected chi connectivity index (χ4v) is 2.36. The maximum Gasteiger partial charge on any atom is 0.333 e. The number of hydrogen-bond donors (Lipinski definition) is 2. The molecule has 0 unspecified atom stereocenters. The summed E-state index contributed by atoms with van der Waals surface area (Å²) in [7, 11) is 0. The first kappa shape index (κ1) is 11.4. The van der Waals surface area contributed by atoms with Gasteiger partial charge in [0.1, 0.15) is 6.61 Å². The van der Waals surface area contributed by atoms with E-state index in [-0.39, 0.29) is 5.97 Å². The Labute approximate surface area is 100 Å². The second-order valence-corrected chi connectivity index (χ2v) is 4.62. The fraction of sp³-hybridized carbons (Fsp3) is 0.636. The topological polar surface area (TPSA) is 50.4 Å². The van der Waals surface area contributed by atoms with Crippen LogP contribution in [0, 0.1) is 0 Å². The normalized spacial score (nSPS) is 21.2. The first-order valence-electron chi connectivity index (χ1n) is 5.69. The van der Waals surface area contributed by atoms with Gasteiger partial charge in [-0.2, -0.15) is 0 Å². The molecule has 0 amide bonds. The third kappa shape index (κ3) is 3.20. The van der Waals surface area contributed by atoms with Gasteiger partial charge in [-0.05, 0) is 25.1 Å². The van der Waals surface area contributed by atoms with E-state index in [1.807, 2.05) is 0 Å². The van der Waals surface area contributed by atoms with Gasteiger partial charge < -0.3 is 15.4 Å². The van der Waals surface area contributed by atoms with Crippen LogP contribution in [0.4, 0.5) is 0 Å². The van der Waals surface area contributed by atoms with Gasteiger partial charge in [0.15, 0.2) is 5.11 Å². The fourth-order valence-electron chi connectivity index (χ4n) is 2.06. The highest BCUT2D eigenvalue weighted by molar-refractivity contribution is 7.80. The Balaban J connectivity index is 1.75. The summed E-state index contributed by atoms with van der Waals surface area (Å²) < 4.78 is 4.77. The monoisotopic (exact) mass is 240 g/mol. The van der Waals surface area contributed by atoms with Crippen molar-refractivity contribution in [3.8, 4) is 0 Å². The van der Waals surface area contributed by atoms with Crippen molar-refractivity contribution < 1.29 is 9.53 Å². The molecule has 0 radical (unpaired) electrons. The maximum atomic E-state index is 10.8. The van der Waals surface area contributed by atoms with Crippen molar-refractivity contribution in [3.63, 3.8) is 0 Å². The molecule has 1 heterocycles. The number of thiocarbonyl (C=S) groups is 1. The molecule has 88 valence electrons. The first-order chi connectivity index (χ1) is 7.74. The van der Waals surface area contributed by atoms with Gasteiger partial charge in [0.2, 0.25) is 0 Å². The highest BCUT2D eigenvalue weighted by Gasteiger charge is 2.17. The average molecular weight is 240 g/mol. The Morgan fingerprint density at radius 3 is 2.75 bits per heavy atom. The van der Waals surface area contributed by atoms with Crippen LogP contribution in [0.3, 0.4) is 0 Å². The number of carbonyl (C=O) groups excluding carboxylic acids is 1. The quantitative estimate of drug-likeness (QED) is 0.561. The van der Waals surface area contributed by atoms with E-state index in [4.69, 9.17) is 17.0 Å². The minimum Gasteiger partial charge on any atom is -0.456 e. The minimum atomic E-state index is -0.303. The van der Waals surface area contributed by atoms with Crippen LogP contribution in [0.25, 0.3) is 0 Å². The minimum absolute atomic E-state index is 0.297. The smallest absolute Gasteiger partial charge is 0.333 e. The van der Waals surface area contributed by atoms with E-state index >= 15 is 0 Å². The number of nitrogens with one attached hydrogen (secondary N) is 2. The van der Waals surface area contributed by atoms with Crippen molar-refractivity contribution in [2.45, 2.75) is 38.1 Å². The molecule has 0 aromatic heterocycles. The van der Waals surface area contributed by atoms with Gasteiger partial charge in [0.25, 0.3) is 0 Å². The van der Waals surface area contributed by atoms with Crippen LogP contribution in [0.5, 0.6) is 0 Å². The van der Waals surface area contributed by atoms with Gasteiger partial charge in [0, 0.05) is 12.1 Å². The Morgan fingerprint density at radius 2 is 2.12 bits per heavy atom. The zero-order chi connectivity index (χ0) is 11.4. The van der Waals surface area contributed by atoms with Gasteiger partial charge in [-0.25, -0.2) is 4.79 Å². The van der Waals surface area contributed by atoms with E-state index in [0.29, 0.717) is 17.8 Å². The van der Waals surface area contributed by atoms with Gasteiger partial charge >= 0.3 is 5.97 Å². The lowest BCUT2D eigenvalue weighted by Crippen LogP contribution is -2.42. The molecule has 0 spiro atoms. The van der Waals surface area contributed by atoms with Crippen LogP contribution >= 0.6 is 12.2 Å². The molecule has 1 saturated carbocycles. The van der Waals surface area contributed by atoms with E-state index in [2.05, 4.69) is 10.6 Å². The molecule has 16 heavy (non-hydrogen) atoms. The van der Waals surface area contributed by atoms with E-state index < -0.39 is 0 Å². The molecule has 0 atom stereocenters. The maximum absolute atomic E-state index is 10.8. The summed E-state index contributed by atoms with van der Waals surface area (Å²) in [6.07, 6.45) is 7.66. The van der Waals surface area contributed by atoms with E-state index in [0.717, 1.165) is 5.70 Å². The highest BCUT2D eigenvalue weighted by atomic mass is 32.1. The van der Waals surface area contributed by atoms with Gasteiger partial charge in [-0.1, -0.05) is 19.3 Å². The zero-order valence-corrected chi connectivity index (χ0v) is 9.94. The molecule has 1 fully saturated rings. The summed E-state index contributed by atoms with van der Waals surface area (Å²) >= 11 is 5.18. The third-order valence-corrected chi connectivity index (χ3v) is 3.10. The summed E-state index contributed by atoms with van der Waals surface area (Å²) in [5.41, 5.74) is 0.735. The van der Waals surface area contributed by atoms with Crippen molar-refractivity contribution in [1.82, 2.24) is 10.6 Å². The van der Waals surface area contributed by atoms with Crippen LogP contribution in [-0.2, 0) is 9.53 Å². The van der Waals surface area contributed by atoms with Crippen molar-refractivity contribution in [2.24, 2.45) is 0 Å². The Hall–Kier alpha value is -1.10. The first-order valence-corrected chi connectivity index (χ1v) is 6.10. The Kier molecular flexibility index (Phi) is 3.77. The van der Waals surface area contributed by atoms with E-state index in [9.17, 15) is 4.79 Å². The lowest BCUT2D eigenvalue weighted by atomic mass is 9.96. The molecule has 4 nitrogen and oxygen atoms in total. The van der Waals surface area contributed by atoms with Gasteiger partial charge in [0.05, 0.1) is 5.70 Å². The molecule has 5 heteroatoms. The number of cyclic esters (lactones) is 1. The molecule has 0 bridgehead atoms. The molecular formula is C11H16N2O2S. The number of carbonyl (C=O) groups is 1. The number of hydrogen-bond acceptors (Lipinski definition) is 3. The van der Waals surface area contributed by atoms with E-state index in [1.165, 1.54) is 38.2 Å². The Morgan fingerprint density at radius 1 is 1.38 bits per heavy atom. The molecule has 1 aliphatic heterocycles. The van der Waals surface area contributed by atoms with Crippen molar-refractivity contribution >= 4 is 23.3 Å². The molecule has 0 aromatic rings. The van der Waals surface area contributed by atoms with Crippen molar-refractivity contribution in [3.05, 3.63) is 11.8 Å². The molecular weight excluding hydrogens is 224 g/mol. The van der Waals surface area contributed by atoms with Crippen LogP contribution in [-0.4, -0.2) is 23.7 Å². The summed E-state index contributed by atoms with van der Waals surface area (Å²) in [6.45, 7) is 0.297. The van der Waals surface area contributed by atoms with Crippen LogP contribution in [0.2, 0.25) is 0 Å². The van der Waals surface area contributed by atoms with Crippen molar-refractivity contribution in [2.75, 3.05) is 6.61 Å². The third-order valence-electron chi connectivity index (χ3n) is 2.88. The lowest BCUT2D eigenvalue weighted by Gasteiger charge is -2.24. The average Bonchev–Trinajstić information content (AvgIpc) is 2.65. The largest absolute Gasteiger partial charge is 0.456 e. The molecule has 1 aliphatic carbocycles. The van der Waals surface area contributed by atoms with Gasteiger partial charge in [-0.15, -0.1) is 0 Å². The van der Waals surface area contributed by atoms with Crippen LogP contribution < -0.4 is 10.6 Å².